The van der Waals surface area contributed by atoms with Gasteiger partial charge >= 0.3 is 6.18 Å². The van der Waals surface area contributed by atoms with Gasteiger partial charge in [-0.2, -0.15) is 13.2 Å². The molecule has 0 unspecified atom stereocenters. The predicted molar refractivity (Wildman–Crippen MR) is 103 cm³/mol. The molecule has 2 aliphatic rings. The molecule has 1 fully saturated rings. The van der Waals surface area contributed by atoms with Crippen LogP contribution in [-0.4, -0.2) is 41.2 Å². The minimum Gasteiger partial charge on any atom is -0.390 e. The van der Waals surface area contributed by atoms with Crippen molar-refractivity contribution in [2.75, 3.05) is 22.9 Å². The Bertz CT molecular complexity index is 979. The molecule has 1 amide bonds. The SMILES string of the molecule is Cc1cc(C(F)(F)F)cc(N2CC[C@@H](O)[C@H]2C(=O)N2CCCc3cc(F)ccc32)n1. The van der Waals surface area contributed by atoms with Crippen molar-refractivity contribution in [3.8, 4) is 0 Å². The molecule has 1 aromatic heterocycles. The fourth-order valence-electron chi connectivity index (χ4n) is 4.25. The molecule has 1 N–H and O–H groups in total. The first kappa shape index (κ1) is 20.6. The molecule has 2 aliphatic heterocycles. The van der Waals surface area contributed by atoms with Gasteiger partial charge in [0.05, 0.1) is 11.7 Å². The number of aryl methyl sites for hydroxylation is 2. The van der Waals surface area contributed by atoms with Gasteiger partial charge in [-0.25, -0.2) is 9.37 Å². The molecule has 0 aliphatic carbocycles. The van der Waals surface area contributed by atoms with E-state index in [1.54, 1.807) is 0 Å². The third-order valence-corrected chi connectivity index (χ3v) is 5.61. The third-order valence-electron chi connectivity index (χ3n) is 5.61. The van der Waals surface area contributed by atoms with Crippen LogP contribution in [0.1, 0.15) is 29.7 Å². The van der Waals surface area contributed by atoms with E-state index in [0.717, 1.165) is 12.1 Å². The number of benzene rings is 1. The molecule has 0 radical (unpaired) electrons. The highest BCUT2D eigenvalue weighted by molar-refractivity contribution is 6.00. The van der Waals surface area contributed by atoms with Crippen molar-refractivity contribution in [1.82, 2.24) is 4.98 Å². The second-order valence-corrected chi connectivity index (χ2v) is 7.71. The van der Waals surface area contributed by atoms with Gasteiger partial charge in [0.2, 0.25) is 0 Å². The molecular weight excluding hydrogens is 402 g/mol. The van der Waals surface area contributed by atoms with Crippen LogP contribution in [0.5, 0.6) is 0 Å². The van der Waals surface area contributed by atoms with E-state index in [1.165, 1.54) is 34.9 Å². The highest BCUT2D eigenvalue weighted by atomic mass is 19.4. The van der Waals surface area contributed by atoms with Gasteiger partial charge in [-0.15, -0.1) is 0 Å². The zero-order valence-electron chi connectivity index (χ0n) is 16.3. The van der Waals surface area contributed by atoms with Crippen LogP contribution >= 0.6 is 0 Å². The lowest BCUT2D eigenvalue weighted by Gasteiger charge is -2.35. The fourth-order valence-corrected chi connectivity index (χ4v) is 4.25. The van der Waals surface area contributed by atoms with Crippen molar-refractivity contribution in [3.63, 3.8) is 0 Å². The van der Waals surface area contributed by atoms with Crippen LogP contribution in [-0.2, 0) is 17.4 Å². The van der Waals surface area contributed by atoms with Crippen molar-refractivity contribution in [3.05, 3.63) is 53.0 Å². The standard InChI is InChI=1S/C21H21F4N3O2/c1-12-9-14(21(23,24)25)11-18(26-12)28-8-6-17(29)19(28)20(30)27-7-2-3-13-10-15(22)4-5-16(13)27/h4-5,9-11,17,19,29H,2-3,6-8H2,1H3/t17-,19+/m1/s1. The summed E-state index contributed by atoms with van der Waals surface area (Å²) in [4.78, 5) is 20.5. The summed E-state index contributed by atoms with van der Waals surface area (Å²) < 4.78 is 53.4. The molecule has 1 saturated heterocycles. The molecular formula is C21H21F4N3O2. The Kier molecular flexibility index (Phi) is 5.17. The molecule has 0 spiro atoms. The van der Waals surface area contributed by atoms with Crippen LogP contribution in [0.15, 0.2) is 30.3 Å². The number of alkyl halides is 3. The third kappa shape index (κ3) is 3.74. The number of amides is 1. The Morgan fingerprint density at radius 1 is 1.20 bits per heavy atom. The summed E-state index contributed by atoms with van der Waals surface area (Å²) in [6.07, 6.45) is -4.10. The van der Waals surface area contributed by atoms with Gasteiger partial charge < -0.3 is 14.9 Å². The van der Waals surface area contributed by atoms with Crippen LogP contribution in [0.3, 0.4) is 0 Å². The second kappa shape index (κ2) is 7.54. The summed E-state index contributed by atoms with van der Waals surface area (Å²) in [6, 6.07) is 4.98. The van der Waals surface area contributed by atoms with Crippen molar-refractivity contribution >= 4 is 17.4 Å². The minimum absolute atomic E-state index is 0.00793. The van der Waals surface area contributed by atoms with Crippen molar-refractivity contribution in [2.45, 2.75) is 44.5 Å². The Morgan fingerprint density at radius 2 is 1.97 bits per heavy atom. The quantitative estimate of drug-likeness (QED) is 0.752. The van der Waals surface area contributed by atoms with Gasteiger partial charge in [0.25, 0.3) is 5.91 Å². The Balaban J connectivity index is 1.69. The molecule has 160 valence electrons. The molecule has 2 aromatic rings. The zero-order valence-corrected chi connectivity index (χ0v) is 16.3. The predicted octanol–water partition coefficient (Wildman–Crippen LogP) is 3.47. The lowest BCUT2D eigenvalue weighted by atomic mass is 10.00. The topological polar surface area (TPSA) is 56.7 Å². The normalized spacial score (nSPS) is 21.7. The molecule has 1 aromatic carbocycles. The van der Waals surface area contributed by atoms with Gasteiger partial charge in [-0.3, -0.25) is 4.79 Å². The molecule has 2 atom stereocenters. The molecule has 0 bridgehead atoms. The van der Waals surface area contributed by atoms with Crippen molar-refractivity contribution in [1.29, 1.82) is 0 Å². The number of nitrogens with zero attached hydrogens (tertiary/aromatic N) is 3. The molecule has 5 nitrogen and oxygen atoms in total. The number of halogens is 4. The summed E-state index contributed by atoms with van der Waals surface area (Å²) in [7, 11) is 0. The van der Waals surface area contributed by atoms with E-state index in [1.807, 2.05) is 0 Å². The van der Waals surface area contributed by atoms with E-state index in [4.69, 9.17) is 0 Å². The average molecular weight is 423 g/mol. The van der Waals surface area contributed by atoms with Crippen LogP contribution in [0.2, 0.25) is 0 Å². The largest absolute Gasteiger partial charge is 0.416 e. The first-order valence-corrected chi connectivity index (χ1v) is 9.75. The minimum atomic E-state index is -4.55. The van der Waals surface area contributed by atoms with Crippen LogP contribution in [0.25, 0.3) is 0 Å². The number of aliphatic hydroxyl groups is 1. The number of aliphatic hydroxyl groups excluding tert-OH is 1. The summed E-state index contributed by atoms with van der Waals surface area (Å²) >= 11 is 0. The van der Waals surface area contributed by atoms with Crippen LogP contribution < -0.4 is 9.80 Å². The van der Waals surface area contributed by atoms with E-state index in [9.17, 15) is 27.5 Å². The lowest BCUT2D eigenvalue weighted by Crippen LogP contribution is -2.51. The maximum atomic E-state index is 13.6. The lowest BCUT2D eigenvalue weighted by molar-refractivity contribution is -0.137. The number of anilines is 2. The van der Waals surface area contributed by atoms with E-state index >= 15 is 0 Å². The van der Waals surface area contributed by atoms with E-state index in [-0.39, 0.29) is 24.5 Å². The maximum absolute atomic E-state index is 13.6. The van der Waals surface area contributed by atoms with Crippen LogP contribution in [0.4, 0.5) is 29.1 Å². The molecule has 9 heteroatoms. The number of hydrogen-bond acceptors (Lipinski definition) is 4. The fraction of sp³-hybridized carbons (Fsp3) is 0.429. The van der Waals surface area contributed by atoms with E-state index in [2.05, 4.69) is 4.98 Å². The molecule has 30 heavy (non-hydrogen) atoms. The number of pyridine rings is 1. The number of aromatic nitrogens is 1. The highest BCUT2D eigenvalue weighted by Crippen LogP contribution is 2.35. The average Bonchev–Trinajstić information content (AvgIpc) is 3.07. The van der Waals surface area contributed by atoms with Gasteiger partial charge in [0, 0.05) is 24.5 Å². The summed E-state index contributed by atoms with van der Waals surface area (Å²) in [6.45, 7) is 2.05. The summed E-state index contributed by atoms with van der Waals surface area (Å²) in [5.74, 6) is -0.813. The summed E-state index contributed by atoms with van der Waals surface area (Å²) in [5, 5.41) is 10.5. The Labute approximate surface area is 170 Å². The maximum Gasteiger partial charge on any atom is 0.416 e. The van der Waals surface area contributed by atoms with Crippen molar-refractivity contribution < 1.29 is 27.5 Å². The van der Waals surface area contributed by atoms with Crippen molar-refractivity contribution in [2.24, 2.45) is 0 Å². The number of fused-ring (bicyclic) bond motifs is 1. The first-order valence-electron chi connectivity index (χ1n) is 9.75. The number of rotatable bonds is 2. The van der Waals surface area contributed by atoms with E-state index < -0.39 is 35.6 Å². The Morgan fingerprint density at radius 3 is 2.70 bits per heavy atom. The Hall–Kier alpha value is -2.68. The number of carbonyl (C=O) groups excluding carboxylic acids is 1. The van der Waals surface area contributed by atoms with E-state index in [0.29, 0.717) is 30.6 Å². The van der Waals surface area contributed by atoms with Crippen LogP contribution in [0, 0.1) is 12.7 Å². The summed E-state index contributed by atoms with van der Waals surface area (Å²) in [5.41, 5.74) is 0.587. The van der Waals surface area contributed by atoms with Gasteiger partial charge in [-0.05, 0) is 62.1 Å². The molecule has 0 saturated carbocycles. The molecule has 3 heterocycles. The first-order chi connectivity index (χ1) is 14.1. The van der Waals surface area contributed by atoms with Gasteiger partial charge in [0.15, 0.2) is 0 Å². The van der Waals surface area contributed by atoms with Gasteiger partial charge in [0.1, 0.15) is 17.7 Å². The molecule has 4 rings (SSSR count). The zero-order chi connectivity index (χ0) is 21.6. The number of hydrogen-bond donors (Lipinski definition) is 1. The monoisotopic (exact) mass is 423 g/mol. The smallest absolute Gasteiger partial charge is 0.390 e. The van der Waals surface area contributed by atoms with Gasteiger partial charge in [-0.1, -0.05) is 0 Å². The highest BCUT2D eigenvalue weighted by Gasteiger charge is 2.43. The number of carbonyl (C=O) groups is 1. The second-order valence-electron chi connectivity index (χ2n) is 7.71.